The number of halogens is 1. The van der Waals surface area contributed by atoms with Crippen LogP contribution in [0.25, 0.3) is 11.5 Å². The predicted molar refractivity (Wildman–Crippen MR) is 170 cm³/mol. The summed E-state index contributed by atoms with van der Waals surface area (Å²) in [5.74, 6) is 3.84. The van der Waals surface area contributed by atoms with Gasteiger partial charge in [0.05, 0.1) is 5.41 Å². The molecule has 6 nitrogen and oxygen atoms in total. The minimum absolute atomic E-state index is 0.0389. The van der Waals surface area contributed by atoms with Gasteiger partial charge in [0, 0.05) is 23.9 Å². The Morgan fingerprint density at radius 1 is 0.977 bits per heavy atom. The van der Waals surface area contributed by atoms with Gasteiger partial charge in [0.25, 0.3) is 0 Å². The lowest BCUT2D eigenvalue weighted by Crippen LogP contribution is -2.60. The van der Waals surface area contributed by atoms with E-state index in [2.05, 4.69) is 44.8 Å². The molecule has 0 radical (unpaired) electrons. The quantitative estimate of drug-likeness (QED) is 0.319. The largest absolute Gasteiger partial charge is 0.462 e. The third kappa shape index (κ3) is 4.32. The standard InChI is InChI=1S/C37H47ClN2O4/c1-20(2)31-28(42)19-37(34-40-39-33(44-34)23-7-9-24(38)10-8-23)18-14-27-25(32(31)37)11-12-30-35(5)17-15-29(43-22(4)41)21(3)26(35)13-16-36(27,30)6/h7-10,20-21,25-27,29-30H,11-19H2,1-6H3. The molecule has 5 aliphatic rings. The number of fused-ring (bicyclic) bond motifs is 7. The van der Waals surface area contributed by atoms with Crippen LogP contribution in [-0.2, 0) is 19.7 Å². The first kappa shape index (κ1) is 30.2. The maximum Gasteiger partial charge on any atom is 0.302 e. The van der Waals surface area contributed by atoms with E-state index >= 15 is 0 Å². The number of esters is 1. The van der Waals surface area contributed by atoms with Gasteiger partial charge in [0.2, 0.25) is 11.8 Å². The number of benzene rings is 1. The molecule has 0 bridgehead atoms. The molecule has 0 amide bonds. The van der Waals surface area contributed by atoms with Gasteiger partial charge in [-0.1, -0.05) is 46.2 Å². The van der Waals surface area contributed by atoms with E-state index in [4.69, 9.17) is 20.8 Å². The van der Waals surface area contributed by atoms with Crippen molar-refractivity contribution in [2.24, 2.45) is 46.3 Å². The summed E-state index contributed by atoms with van der Waals surface area (Å²) in [7, 11) is 0. The van der Waals surface area contributed by atoms with E-state index in [-0.39, 0.29) is 34.6 Å². The number of rotatable bonds is 4. The average Bonchev–Trinajstić information content (AvgIpc) is 3.58. The van der Waals surface area contributed by atoms with Crippen LogP contribution in [0, 0.1) is 46.3 Å². The van der Waals surface area contributed by atoms with Gasteiger partial charge in [-0.15, -0.1) is 10.2 Å². The number of Topliss-reactive ketones (excluding diaryl/α,β-unsaturated/α-hetero) is 1. The Kier molecular flexibility index (Phi) is 7.23. The Labute approximate surface area is 266 Å². The van der Waals surface area contributed by atoms with Crippen molar-refractivity contribution in [3.8, 4) is 11.5 Å². The van der Waals surface area contributed by atoms with Crippen molar-refractivity contribution in [2.45, 2.75) is 111 Å². The minimum Gasteiger partial charge on any atom is -0.462 e. The molecule has 4 fully saturated rings. The van der Waals surface area contributed by atoms with Crippen LogP contribution >= 0.6 is 11.6 Å². The number of carbonyl (C=O) groups is 2. The first-order valence-electron chi connectivity index (χ1n) is 16.9. The molecule has 9 unspecified atom stereocenters. The van der Waals surface area contributed by atoms with Crippen molar-refractivity contribution >= 4 is 23.4 Å². The molecule has 7 rings (SSSR count). The van der Waals surface area contributed by atoms with Crippen LogP contribution in [0.2, 0.25) is 5.02 Å². The highest BCUT2D eigenvalue weighted by molar-refractivity contribution is 6.30. The van der Waals surface area contributed by atoms with Crippen molar-refractivity contribution in [2.75, 3.05) is 0 Å². The number of carbonyl (C=O) groups excluding carboxylic acids is 2. The fourth-order valence-corrected chi connectivity index (χ4v) is 11.8. The maximum absolute atomic E-state index is 13.9. The van der Waals surface area contributed by atoms with Crippen molar-refractivity contribution in [1.29, 1.82) is 0 Å². The van der Waals surface area contributed by atoms with Crippen LogP contribution in [0.15, 0.2) is 39.8 Å². The lowest BCUT2D eigenvalue weighted by molar-refractivity contribution is -0.188. The number of ketones is 1. The van der Waals surface area contributed by atoms with Gasteiger partial charge in [-0.05, 0) is 133 Å². The second kappa shape index (κ2) is 10.5. The van der Waals surface area contributed by atoms with Crippen molar-refractivity contribution in [1.82, 2.24) is 10.2 Å². The second-order valence-corrected chi connectivity index (χ2v) is 16.1. The van der Waals surface area contributed by atoms with E-state index in [1.165, 1.54) is 24.8 Å². The molecule has 0 N–H and O–H groups in total. The molecule has 9 atom stereocenters. The molecule has 0 aliphatic heterocycles. The van der Waals surface area contributed by atoms with Crippen LogP contribution in [-0.4, -0.2) is 28.1 Å². The van der Waals surface area contributed by atoms with Crippen LogP contribution in [0.3, 0.4) is 0 Å². The number of nitrogens with zero attached hydrogens (tertiary/aromatic N) is 2. The van der Waals surface area contributed by atoms with E-state index in [0.717, 1.165) is 43.2 Å². The molecule has 1 aromatic carbocycles. The van der Waals surface area contributed by atoms with Crippen LogP contribution in [0.1, 0.15) is 105 Å². The SMILES string of the molecule is CC(=O)OC1CCC2(C)C(CCC3(C)C4CCC5(c6nnc(-c7ccc(Cl)cc7)o6)CC(=O)C(C(C)C)=C5C4CCC32)C1C. The first-order chi connectivity index (χ1) is 20.9. The zero-order chi connectivity index (χ0) is 31.2. The number of aromatic nitrogens is 2. The molecule has 236 valence electrons. The summed E-state index contributed by atoms with van der Waals surface area (Å²) in [4.78, 5) is 25.8. The topological polar surface area (TPSA) is 82.3 Å². The van der Waals surface area contributed by atoms with Gasteiger partial charge in [0.15, 0.2) is 5.78 Å². The number of hydrogen-bond donors (Lipinski definition) is 0. The number of hydrogen-bond acceptors (Lipinski definition) is 6. The summed E-state index contributed by atoms with van der Waals surface area (Å²) in [6.45, 7) is 13.4. The van der Waals surface area contributed by atoms with Crippen molar-refractivity contribution < 1.29 is 18.7 Å². The van der Waals surface area contributed by atoms with Gasteiger partial charge in [-0.25, -0.2) is 0 Å². The third-order valence-electron chi connectivity index (χ3n) is 13.4. The Hall–Kier alpha value is -2.47. The fourth-order valence-electron chi connectivity index (χ4n) is 11.7. The summed E-state index contributed by atoms with van der Waals surface area (Å²) >= 11 is 6.13. The molecule has 5 aliphatic carbocycles. The maximum atomic E-state index is 13.9. The molecule has 1 aromatic heterocycles. The Bertz CT molecular complexity index is 1510. The van der Waals surface area contributed by atoms with Crippen LogP contribution in [0.4, 0.5) is 0 Å². The smallest absolute Gasteiger partial charge is 0.302 e. The molecule has 0 spiro atoms. The first-order valence-corrected chi connectivity index (χ1v) is 17.3. The summed E-state index contributed by atoms with van der Waals surface area (Å²) in [6, 6.07) is 7.49. The molecular weight excluding hydrogens is 572 g/mol. The summed E-state index contributed by atoms with van der Waals surface area (Å²) in [5, 5.41) is 9.82. The average molecular weight is 619 g/mol. The second-order valence-electron chi connectivity index (χ2n) is 15.7. The number of allylic oxidation sites excluding steroid dienone is 2. The molecule has 1 heterocycles. The molecule has 7 heteroatoms. The Balaban J connectivity index is 1.24. The summed E-state index contributed by atoms with van der Waals surface area (Å²) in [6.07, 6.45) is 9.17. The normalized spacial score (nSPS) is 39.9. The van der Waals surface area contributed by atoms with Gasteiger partial charge >= 0.3 is 5.97 Å². The van der Waals surface area contributed by atoms with Gasteiger partial charge in [0.1, 0.15) is 6.10 Å². The Morgan fingerprint density at radius 3 is 2.36 bits per heavy atom. The molecule has 4 saturated carbocycles. The number of ether oxygens (including phenoxy) is 1. The zero-order valence-corrected chi connectivity index (χ0v) is 27.9. The lowest BCUT2D eigenvalue weighted by atomic mass is 9.38. The zero-order valence-electron chi connectivity index (χ0n) is 27.1. The minimum atomic E-state index is -0.504. The van der Waals surface area contributed by atoms with Crippen molar-refractivity contribution in [3.05, 3.63) is 46.3 Å². The third-order valence-corrected chi connectivity index (χ3v) is 13.6. The van der Waals surface area contributed by atoms with Crippen LogP contribution < -0.4 is 0 Å². The van der Waals surface area contributed by atoms with E-state index < -0.39 is 5.41 Å². The molecule has 2 aromatic rings. The lowest BCUT2D eigenvalue weighted by Gasteiger charge is -2.67. The molecule has 0 saturated heterocycles. The molecule has 44 heavy (non-hydrogen) atoms. The van der Waals surface area contributed by atoms with E-state index in [1.807, 2.05) is 24.3 Å². The summed E-state index contributed by atoms with van der Waals surface area (Å²) in [5.41, 5.74) is 3.15. The van der Waals surface area contributed by atoms with E-state index in [0.29, 0.717) is 52.8 Å². The highest BCUT2D eigenvalue weighted by atomic mass is 35.5. The highest BCUT2D eigenvalue weighted by Crippen LogP contribution is 2.71. The van der Waals surface area contributed by atoms with Gasteiger partial charge in [-0.2, -0.15) is 0 Å². The van der Waals surface area contributed by atoms with E-state index in [9.17, 15) is 9.59 Å². The predicted octanol–water partition coefficient (Wildman–Crippen LogP) is 8.77. The Morgan fingerprint density at radius 2 is 1.66 bits per heavy atom. The van der Waals surface area contributed by atoms with Gasteiger partial charge < -0.3 is 9.15 Å². The van der Waals surface area contributed by atoms with Crippen LogP contribution in [0.5, 0.6) is 0 Å². The fraction of sp³-hybridized carbons (Fsp3) is 0.676. The highest BCUT2D eigenvalue weighted by Gasteiger charge is 2.66. The summed E-state index contributed by atoms with van der Waals surface area (Å²) < 4.78 is 12.3. The van der Waals surface area contributed by atoms with E-state index in [1.54, 1.807) is 6.92 Å². The van der Waals surface area contributed by atoms with Crippen molar-refractivity contribution in [3.63, 3.8) is 0 Å². The monoisotopic (exact) mass is 618 g/mol. The van der Waals surface area contributed by atoms with Gasteiger partial charge in [-0.3, -0.25) is 9.59 Å². The molecular formula is C37H47ClN2O4.